The van der Waals surface area contributed by atoms with Crippen molar-refractivity contribution in [3.05, 3.63) is 0 Å². The van der Waals surface area contributed by atoms with E-state index in [1.807, 2.05) is 0 Å². The van der Waals surface area contributed by atoms with Crippen molar-refractivity contribution in [2.24, 2.45) is 17.1 Å². The highest BCUT2D eigenvalue weighted by Crippen LogP contribution is 2.35. The number of hydrogen-bond donors (Lipinski definition) is 1. The van der Waals surface area contributed by atoms with E-state index < -0.39 is 0 Å². The predicted octanol–water partition coefficient (Wildman–Crippen LogP) is 3.40. The van der Waals surface area contributed by atoms with Crippen LogP contribution in [0.25, 0.3) is 0 Å². The first kappa shape index (κ1) is 14.3. The van der Waals surface area contributed by atoms with Gasteiger partial charge in [-0.15, -0.1) is 0 Å². The Morgan fingerprint density at radius 2 is 1.61 bits per heavy atom. The second-order valence-electron chi connectivity index (χ2n) is 7.57. The van der Waals surface area contributed by atoms with Gasteiger partial charge in [0, 0.05) is 18.6 Å². The van der Waals surface area contributed by atoms with Crippen LogP contribution in [0.15, 0.2) is 0 Å². The molecule has 2 N–H and O–H groups in total. The van der Waals surface area contributed by atoms with Crippen molar-refractivity contribution < 1.29 is 0 Å². The quantitative estimate of drug-likeness (QED) is 0.775. The summed E-state index contributed by atoms with van der Waals surface area (Å²) in [6.45, 7) is 9.72. The molecule has 2 heteroatoms. The Bertz CT molecular complexity index is 256. The molecule has 1 aliphatic carbocycles. The smallest absolute Gasteiger partial charge is 0.0247 e. The first-order valence-corrected chi connectivity index (χ1v) is 7.98. The minimum absolute atomic E-state index is 0.420. The third-order valence-electron chi connectivity index (χ3n) is 5.20. The molecule has 18 heavy (non-hydrogen) atoms. The van der Waals surface area contributed by atoms with Crippen LogP contribution in [0.3, 0.4) is 0 Å². The lowest BCUT2D eigenvalue weighted by Crippen LogP contribution is -2.47. The molecule has 2 rings (SSSR count). The summed E-state index contributed by atoms with van der Waals surface area (Å²) in [5.41, 5.74) is 6.90. The van der Waals surface area contributed by atoms with Gasteiger partial charge in [-0.3, -0.25) is 4.90 Å². The van der Waals surface area contributed by atoms with Crippen LogP contribution in [-0.4, -0.2) is 30.1 Å². The lowest BCUT2D eigenvalue weighted by molar-refractivity contribution is 0.156. The molecule has 0 amide bonds. The predicted molar refractivity (Wildman–Crippen MR) is 78.6 cm³/mol. The molecule has 3 unspecified atom stereocenters. The van der Waals surface area contributed by atoms with Gasteiger partial charge < -0.3 is 5.73 Å². The molecule has 0 aromatic rings. The molecule has 0 bridgehead atoms. The number of hydrogen-bond acceptors (Lipinski definition) is 2. The molecule has 1 aliphatic heterocycles. The second kappa shape index (κ2) is 5.92. The van der Waals surface area contributed by atoms with E-state index in [1.54, 1.807) is 0 Å². The number of rotatable bonds is 1. The van der Waals surface area contributed by atoms with Crippen LogP contribution in [0.4, 0.5) is 0 Å². The van der Waals surface area contributed by atoms with Crippen LogP contribution < -0.4 is 5.73 Å². The van der Waals surface area contributed by atoms with Crippen molar-refractivity contribution in [1.82, 2.24) is 4.90 Å². The molecule has 0 aromatic carbocycles. The van der Waals surface area contributed by atoms with Crippen molar-refractivity contribution in [2.45, 2.75) is 77.8 Å². The van der Waals surface area contributed by atoms with Gasteiger partial charge in [0.15, 0.2) is 0 Å². The maximum atomic E-state index is 6.44. The molecule has 1 saturated carbocycles. The Balaban J connectivity index is 1.94. The van der Waals surface area contributed by atoms with E-state index in [0.29, 0.717) is 17.5 Å². The summed E-state index contributed by atoms with van der Waals surface area (Å²) in [5.74, 6) is 0.857. The normalized spacial score (nSPS) is 36.3. The largest absolute Gasteiger partial charge is 0.326 e. The van der Waals surface area contributed by atoms with Crippen LogP contribution in [-0.2, 0) is 0 Å². The average molecular weight is 252 g/mol. The zero-order chi connectivity index (χ0) is 13.2. The Hall–Kier alpha value is -0.0800. The van der Waals surface area contributed by atoms with Crippen molar-refractivity contribution in [3.63, 3.8) is 0 Å². The molecule has 1 saturated heterocycles. The molecule has 2 nitrogen and oxygen atoms in total. The Kier molecular flexibility index (Phi) is 4.71. The average Bonchev–Trinajstić information content (AvgIpc) is 2.72. The van der Waals surface area contributed by atoms with Crippen LogP contribution >= 0.6 is 0 Å². The first-order valence-electron chi connectivity index (χ1n) is 7.98. The van der Waals surface area contributed by atoms with Gasteiger partial charge in [0.1, 0.15) is 0 Å². The number of nitrogens with two attached hydrogens (primary N) is 1. The SMILES string of the molecule is CC(C)(C)C1CCN(C2CCCCCCC2N)C1. The molecule has 2 fully saturated rings. The molecular weight excluding hydrogens is 220 g/mol. The lowest BCUT2D eigenvalue weighted by atomic mass is 9.80. The Morgan fingerprint density at radius 3 is 2.22 bits per heavy atom. The van der Waals surface area contributed by atoms with Gasteiger partial charge in [-0.2, -0.15) is 0 Å². The Morgan fingerprint density at radius 1 is 0.944 bits per heavy atom. The summed E-state index contributed by atoms with van der Waals surface area (Å²) in [6.07, 6.45) is 9.47. The monoisotopic (exact) mass is 252 g/mol. The summed E-state index contributed by atoms with van der Waals surface area (Å²) in [6, 6.07) is 1.08. The minimum atomic E-state index is 0.420. The fourth-order valence-corrected chi connectivity index (χ4v) is 3.74. The molecule has 0 aromatic heterocycles. The van der Waals surface area contributed by atoms with E-state index >= 15 is 0 Å². The van der Waals surface area contributed by atoms with Crippen LogP contribution in [0.1, 0.15) is 65.7 Å². The third-order valence-corrected chi connectivity index (χ3v) is 5.20. The van der Waals surface area contributed by atoms with E-state index in [1.165, 1.54) is 58.0 Å². The van der Waals surface area contributed by atoms with E-state index in [9.17, 15) is 0 Å². The molecule has 0 spiro atoms. The van der Waals surface area contributed by atoms with Crippen LogP contribution in [0.5, 0.6) is 0 Å². The highest BCUT2D eigenvalue weighted by atomic mass is 15.2. The van der Waals surface area contributed by atoms with E-state index in [0.717, 1.165) is 5.92 Å². The summed E-state index contributed by atoms with van der Waals surface area (Å²) >= 11 is 0. The van der Waals surface area contributed by atoms with Crippen LogP contribution in [0, 0.1) is 11.3 Å². The molecule has 2 aliphatic rings. The van der Waals surface area contributed by atoms with Gasteiger partial charge in [-0.05, 0) is 37.1 Å². The number of likely N-dealkylation sites (tertiary alicyclic amines) is 1. The van der Waals surface area contributed by atoms with E-state index in [2.05, 4.69) is 25.7 Å². The number of nitrogens with zero attached hydrogens (tertiary/aromatic N) is 1. The van der Waals surface area contributed by atoms with Gasteiger partial charge in [-0.25, -0.2) is 0 Å². The fourth-order valence-electron chi connectivity index (χ4n) is 3.74. The maximum absolute atomic E-state index is 6.44. The molecule has 0 radical (unpaired) electrons. The molecule has 1 heterocycles. The van der Waals surface area contributed by atoms with Crippen molar-refractivity contribution in [2.75, 3.05) is 13.1 Å². The maximum Gasteiger partial charge on any atom is 0.0247 e. The van der Waals surface area contributed by atoms with Crippen molar-refractivity contribution in [1.29, 1.82) is 0 Å². The topological polar surface area (TPSA) is 29.3 Å². The van der Waals surface area contributed by atoms with Crippen LogP contribution in [0.2, 0.25) is 0 Å². The standard InChI is InChI=1S/C16H32N2/c1-16(2,3)13-10-11-18(12-13)15-9-7-5-4-6-8-14(15)17/h13-15H,4-12,17H2,1-3H3. The third kappa shape index (κ3) is 3.48. The Labute approximate surface area is 113 Å². The summed E-state index contributed by atoms with van der Waals surface area (Å²) in [4.78, 5) is 2.71. The second-order valence-corrected chi connectivity index (χ2v) is 7.57. The molecule has 3 atom stereocenters. The highest BCUT2D eigenvalue weighted by molar-refractivity contribution is 4.91. The van der Waals surface area contributed by atoms with E-state index in [4.69, 9.17) is 5.73 Å². The lowest BCUT2D eigenvalue weighted by Gasteiger charge is -2.35. The summed E-state index contributed by atoms with van der Waals surface area (Å²) in [7, 11) is 0. The molecular formula is C16H32N2. The molecule has 106 valence electrons. The first-order chi connectivity index (χ1) is 8.48. The van der Waals surface area contributed by atoms with Gasteiger partial charge in [0.2, 0.25) is 0 Å². The van der Waals surface area contributed by atoms with E-state index in [-0.39, 0.29) is 0 Å². The summed E-state index contributed by atoms with van der Waals surface area (Å²) in [5, 5.41) is 0. The van der Waals surface area contributed by atoms with Gasteiger partial charge in [0.05, 0.1) is 0 Å². The van der Waals surface area contributed by atoms with Gasteiger partial charge in [-0.1, -0.05) is 46.5 Å². The zero-order valence-corrected chi connectivity index (χ0v) is 12.6. The highest BCUT2D eigenvalue weighted by Gasteiger charge is 2.36. The minimum Gasteiger partial charge on any atom is -0.326 e. The fraction of sp³-hybridized carbons (Fsp3) is 1.00. The summed E-state index contributed by atoms with van der Waals surface area (Å²) < 4.78 is 0. The zero-order valence-electron chi connectivity index (χ0n) is 12.6. The van der Waals surface area contributed by atoms with Gasteiger partial charge >= 0.3 is 0 Å². The van der Waals surface area contributed by atoms with Crippen molar-refractivity contribution in [3.8, 4) is 0 Å². The van der Waals surface area contributed by atoms with Gasteiger partial charge in [0.25, 0.3) is 0 Å². The van der Waals surface area contributed by atoms with Crippen molar-refractivity contribution >= 4 is 0 Å².